The molecule has 2 aliphatic heterocycles. The Morgan fingerprint density at radius 1 is 1.06 bits per heavy atom. The van der Waals surface area contributed by atoms with E-state index in [-0.39, 0.29) is 35.4 Å². The molecule has 0 atom stereocenters. The predicted octanol–water partition coefficient (Wildman–Crippen LogP) is 4.65. The third-order valence-electron chi connectivity index (χ3n) is 5.02. The molecule has 3 aromatic carbocycles. The quantitative estimate of drug-likeness (QED) is 0.151. The second-order valence-corrected chi connectivity index (χ2v) is 8.20. The van der Waals surface area contributed by atoms with Gasteiger partial charge in [0.2, 0.25) is 12.7 Å². The summed E-state index contributed by atoms with van der Waals surface area (Å²) in [5.74, 6) is -0.169. The Kier molecular flexibility index (Phi) is 5.75. The summed E-state index contributed by atoms with van der Waals surface area (Å²) in [6.07, 6.45) is 1.42. The zero-order chi connectivity index (χ0) is 24.5. The highest BCUT2D eigenvalue weighted by atomic mass is 79.9. The number of esters is 2. The minimum Gasteiger partial charge on any atom is -0.454 e. The van der Waals surface area contributed by atoms with Crippen molar-refractivity contribution in [3.05, 3.63) is 97.6 Å². The molecule has 11 heteroatoms. The molecule has 2 heterocycles. The zero-order valence-corrected chi connectivity index (χ0v) is 19.2. The average molecular weight is 537 g/mol. The smallest absolute Gasteiger partial charge is 0.363 e. The third-order valence-corrected chi connectivity index (χ3v) is 5.51. The molecule has 0 saturated carbocycles. The number of halogens is 1. The molecule has 2 aliphatic rings. The highest BCUT2D eigenvalue weighted by Crippen LogP contribution is 2.33. The van der Waals surface area contributed by atoms with Crippen molar-refractivity contribution in [1.29, 1.82) is 0 Å². The number of non-ortho nitro benzene ring substituents is 1. The standard InChI is InChI=1S/C24H13BrN2O8/c25-16-4-8-19(34-23(28)14-3-7-20-21(11-14)33-12-32-20)15(9-16)10-18-24(29)35-22(26-18)13-1-5-17(6-2-13)27(30)31/h1-11H,12H2/b18-10-. The summed E-state index contributed by atoms with van der Waals surface area (Å²) in [5.41, 5.74) is 0.925. The lowest BCUT2D eigenvalue weighted by molar-refractivity contribution is -0.384. The minimum absolute atomic E-state index is 0.00468. The highest BCUT2D eigenvalue weighted by Gasteiger charge is 2.25. The van der Waals surface area contributed by atoms with Crippen LogP contribution < -0.4 is 14.2 Å². The number of carbonyl (C=O) groups is 2. The number of fused-ring (bicyclic) bond motifs is 1. The lowest BCUT2D eigenvalue weighted by Gasteiger charge is -2.09. The number of cyclic esters (lactones) is 1. The summed E-state index contributed by atoms with van der Waals surface area (Å²) in [6.45, 7) is 0.0801. The van der Waals surface area contributed by atoms with Crippen LogP contribution in [0.4, 0.5) is 5.69 Å². The number of nitrogens with zero attached hydrogens (tertiary/aromatic N) is 2. The van der Waals surface area contributed by atoms with Gasteiger partial charge in [0.05, 0.1) is 10.5 Å². The van der Waals surface area contributed by atoms with Crippen molar-refractivity contribution in [3.63, 3.8) is 0 Å². The van der Waals surface area contributed by atoms with E-state index >= 15 is 0 Å². The number of carbonyl (C=O) groups excluding carboxylic acids is 2. The maximum Gasteiger partial charge on any atom is 0.363 e. The van der Waals surface area contributed by atoms with Gasteiger partial charge in [-0.1, -0.05) is 15.9 Å². The number of rotatable bonds is 5. The SMILES string of the molecule is O=C1OC(c2ccc([N+](=O)[O-])cc2)=N/C1=C\c1cc(Br)ccc1OC(=O)c1ccc2c(c1)OCO2. The molecule has 0 unspecified atom stereocenters. The number of benzene rings is 3. The Morgan fingerprint density at radius 2 is 1.83 bits per heavy atom. The number of hydrogen-bond donors (Lipinski definition) is 0. The van der Waals surface area contributed by atoms with Gasteiger partial charge >= 0.3 is 11.9 Å². The van der Waals surface area contributed by atoms with E-state index in [0.29, 0.717) is 27.1 Å². The molecule has 0 bridgehead atoms. The fourth-order valence-electron chi connectivity index (χ4n) is 3.31. The van der Waals surface area contributed by atoms with E-state index in [9.17, 15) is 19.7 Å². The van der Waals surface area contributed by atoms with Crippen LogP contribution in [0.25, 0.3) is 6.08 Å². The van der Waals surface area contributed by atoms with E-state index < -0.39 is 16.9 Å². The summed E-state index contributed by atoms with van der Waals surface area (Å²) < 4.78 is 22.0. The first-order valence-electron chi connectivity index (χ1n) is 10.1. The van der Waals surface area contributed by atoms with Crippen LogP contribution in [0, 0.1) is 10.1 Å². The van der Waals surface area contributed by atoms with Crippen molar-refractivity contribution < 1.29 is 33.5 Å². The molecule has 0 fully saturated rings. The molecule has 0 aromatic heterocycles. The van der Waals surface area contributed by atoms with Crippen molar-refractivity contribution >= 4 is 45.5 Å². The maximum absolute atomic E-state index is 12.7. The molecule has 0 radical (unpaired) electrons. The van der Waals surface area contributed by atoms with Gasteiger partial charge in [-0.25, -0.2) is 14.6 Å². The van der Waals surface area contributed by atoms with E-state index in [2.05, 4.69) is 20.9 Å². The average Bonchev–Trinajstić information content (AvgIpc) is 3.46. The fraction of sp³-hybridized carbons (Fsp3) is 0.0417. The predicted molar refractivity (Wildman–Crippen MR) is 125 cm³/mol. The third kappa shape index (κ3) is 4.62. The van der Waals surface area contributed by atoms with E-state index in [0.717, 1.165) is 0 Å². The van der Waals surface area contributed by atoms with Crippen LogP contribution in [0.5, 0.6) is 17.2 Å². The van der Waals surface area contributed by atoms with Crippen LogP contribution in [0.3, 0.4) is 0 Å². The Labute approximate surface area is 205 Å². The van der Waals surface area contributed by atoms with Gasteiger partial charge in [0.15, 0.2) is 17.2 Å². The van der Waals surface area contributed by atoms with Gasteiger partial charge in [-0.2, -0.15) is 0 Å². The molecule has 3 aromatic rings. The second kappa shape index (κ2) is 9.03. The summed E-state index contributed by atoms with van der Waals surface area (Å²) in [4.78, 5) is 39.7. The number of ether oxygens (including phenoxy) is 4. The zero-order valence-electron chi connectivity index (χ0n) is 17.6. The summed E-state index contributed by atoms with van der Waals surface area (Å²) in [7, 11) is 0. The van der Waals surface area contributed by atoms with Gasteiger partial charge in [0.1, 0.15) is 5.75 Å². The Hall–Kier alpha value is -4.51. The monoisotopic (exact) mass is 536 g/mol. The molecule has 174 valence electrons. The van der Waals surface area contributed by atoms with Crippen LogP contribution >= 0.6 is 15.9 Å². The number of hydrogen-bond acceptors (Lipinski definition) is 9. The van der Waals surface area contributed by atoms with Gasteiger partial charge in [0.25, 0.3) is 5.69 Å². The molecule has 0 amide bonds. The first-order valence-corrected chi connectivity index (χ1v) is 10.9. The van der Waals surface area contributed by atoms with Crippen LogP contribution in [0.1, 0.15) is 21.5 Å². The number of nitro groups is 1. The minimum atomic E-state index is -0.716. The van der Waals surface area contributed by atoms with Gasteiger partial charge < -0.3 is 18.9 Å². The van der Waals surface area contributed by atoms with Crippen molar-refractivity contribution in [2.75, 3.05) is 6.79 Å². The van der Waals surface area contributed by atoms with Gasteiger partial charge in [-0.3, -0.25) is 10.1 Å². The molecule has 0 spiro atoms. The Bertz CT molecular complexity index is 1450. The molecule has 0 aliphatic carbocycles. The fourth-order valence-corrected chi connectivity index (χ4v) is 3.69. The van der Waals surface area contributed by atoms with Crippen molar-refractivity contribution in [2.45, 2.75) is 0 Å². The van der Waals surface area contributed by atoms with E-state index in [1.54, 1.807) is 30.3 Å². The lowest BCUT2D eigenvalue weighted by Crippen LogP contribution is -2.09. The topological polar surface area (TPSA) is 127 Å². The van der Waals surface area contributed by atoms with E-state index in [1.165, 1.54) is 36.4 Å². The summed E-state index contributed by atoms with van der Waals surface area (Å²) in [6, 6.07) is 15.1. The van der Waals surface area contributed by atoms with Gasteiger partial charge in [-0.05, 0) is 54.6 Å². The summed E-state index contributed by atoms with van der Waals surface area (Å²) >= 11 is 3.37. The molecule has 0 N–H and O–H groups in total. The van der Waals surface area contributed by atoms with Crippen LogP contribution in [-0.4, -0.2) is 29.6 Å². The molecule has 5 rings (SSSR count). The van der Waals surface area contributed by atoms with Gasteiger partial charge in [0, 0.05) is 27.7 Å². The number of aliphatic imine (C=N–C) groups is 1. The first kappa shape index (κ1) is 22.3. The van der Waals surface area contributed by atoms with E-state index in [4.69, 9.17) is 18.9 Å². The molecular weight excluding hydrogens is 524 g/mol. The van der Waals surface area contributed by atoms with Crippen LogP contribution in [0.2, 0.25) is 0 Å². The van der Waals surface area contributed by atoms with Crippen molar-refractivity contribution in [1.82, 2.24) is 0 Å². The number of nitro benzene ring substituents is 1. The van der Waals surface area contributed by atoms with E-state index in [1.807, 2.05) is 0 Å². The van der Waals surface area contributed by atoms with Crippen molar-refractivity contribution in [2.24, 2.45) is 4.99 Å². The largest absolute Gasteiger partial charge is 0.454 e. The molecule has 0 saturated heterocycles. The molecular formula is C24H13BrN2O8. The van der Waals surface area contributed by atoms with Gasteiger partial charge in [-0.15, -0.1) is 0 Å². The maximum atomic E-state index is 12.7. The molecule has 35 heavy (non-hydrogen) atoms. The Morgan fingerprint density at radius 3 is 2.60 bits per heavy atom. The second-order valence-electron chi connectivity index (χ2n) is 7.28. The lowest BCUT2D eigenvalue weighted by atomic mass is 10.1. The highest BCUT2D eigenvalue weighted by molar-refractivity contribution is 9.10. The Balaban J connectivity index is 1.42. The summed E-state index contributed by atoms with van der Waals surface area (Å²) in [5, 5.41) is 10.8. The first-order chi connectivity index (χ1) is 16.9. The van der Waals surface area contributed by atoms with Crippen LogP contribution in [0.15, 0.2) is 75.8 Å². The van der Waals surface area contributed by atoms with Crippen LogP contribution in [-0.2, 0) is 9.53 Å². The normalized spacial score (nSPS) is 15.1. The molecule has 10 nitrogen and oxygen atoms in total. The van der Waals surface area contributed by atoms with Crippen molar-refractivity contribution in [3.8, 4) is 17.2 Å².